The normalized spacial score (nSPS) is 28.6. The van der Waals surface area contributed by atoms with E-state index < -0.39 is 20.5 Å². The summed E-state index contributed by atoms with van der Waals surface area (Å²) >= 11 is 6.00. The zero-order valence-corrected chi connectivity index (χ0v) is 20.3. The Morgan fingerprint density at radius 2 is 1.97 bits per heavy atom. The molecule has 3 aliphatic rings. The van der Waals surface area contributed by atoms with Gasteiger partial charge in [-0.2, -0.15) is 4.36 Å². The molecule has 1 aliphatic carbocycles. The van der Waals surface area contributed by atoms with Gasteiger partial charge < -0.3 is 10.4 Å². The average molecular weight is 494 g/mol. The van der Waals surface area contributed by atoms with Crippen molar-refractivity contribution in [1.29, 1.82) is 0 Å². The van der Waals surface area contributed by atoms with Crippen LogP contribution in [-0.4, -0.2) is 47.9 Å². The zero-order chi connectivity index (χ0) is 22.3. The summed E-state index contributed by atoms with van der Waals surface area (Å²) in [7, 11) is -3.50. The fourth-order valence-corrected chi connectivity index (χ4v) is 8.47. The first-order valence-electron chi connectivity index (χ1n) is 11.2. The number of nitrogens with zero attached hydrogens (tertiary/aromatic N) is 2. The van der Waals surface area contributed by atoms with Crippen molar-refractivity contribution in [3.05, 3.63) is 46.6 Å². The number of pyridine rings is 1. The van der Waals surface area contributed by atoms with Crippen molar-refractivity contribution >= 4 is 43.6 Å². The molecule has 0 unspecified atom stereocenters. The second-order valence-electron chi connectivity index (χ2n) is 9.12. The largest absolute Gasteiger partial charge is 0.394 e. The van der Waals surface area contributed by atoms with Crippen LogP contribution in [0.1, 0.15) is 49.3 Å². The monoisotopic (exact) mass is 493 g/mol. The maximum Gasteiger partial charge on any atom is 0.163 e. The van der Waals surface area contributed by atoms with E-state index in [-0.39, 0.29) is 12.1 Å². The van der Waals surface area contributed by atoms with Gasteiger partial charge in [0.05, 0.1) is 49.0 Å². The molecule has 5 rings (SSSR count). The summed E-state index contributed by atoms with van der Waals surface area (Å²) in [6.45, 7) is 0.0338. The molecule has 1 aromatic carbocycles. The first kappa shape index (κ1) is 22.3. The van der Waals surface area contributed by atoms with E-state index in [0.717, 1.165) is 53.4 Å². The molecule has 9 heteroatoms. The molecule has 0 amide bonds. The number of aliphatic hydroxyl groups is 1. The van der Waals surface area contributed by atoms with Gasteiger partial charge in [-0.25, -0.2) is 9.19 Å². The summed E-state index contributed by atoms with van der Waals surface area (Å²) in [5, 5.41) is 14.1. The van der Waals surface area contributed by atoms with Crippen LogP contribution in [0.4, 0.5) is 11.5 Å². The minimum Gasteiger partial charge on any atom is -0.394 e. The van der Waals surface area contributed by atoms with Gasteiger partial charge in [-0.1, -0.05) is 23.7 Å². The lowest BCUT2D eigenvalue weighted by Crippen LogP contribution is -2.48. The van der Waals surface area contributed by atoms with Crippen LogP contribution in [0.2, 0.25) is 5.02 Å². The number of hydrogen-bond acceptors (Lipinski definition) is 6. The summed E-state index contributed by atoms with van der Waals surface area (Å²) in [4.78, 5) is 5.36. The van der Waals surface area contributed by atoms with E-state index >= 15 is 0 Å². The number of aryl methyl sites for hydroxylation is 1. The Balaban J connectivity index is 1.41. The first-order valence-corrected chi connectivity index (χ1v) is 14.7. The van der Waals surface area contributed by atoms with Crippen LogP contribution in [-0.2, 0) is 26.9 Å². The third kappa shape index (κ3) is 4.34. The predicted octanol–water partition coefficient (Wildman–Crippen LogP) is 4.40. The molecule has 1 atom stereocenters. The fraction of sp³-hybridized carbons (Fsp3) is 0.522. The van der Waals surface area contributed by atoms with Gasteiger partial charge in [0.1, 0.15) is 0 Å². The Morgan fingerprint density at radius 3 is 2.59 bits per heavy atom. The minimum atomic E-state index is -2.40. The van der Waals surface area contributed by atoms with Crippen molar-refractivity contribution < 1.29 is 13.5 Å². The van der Waals surface area contributed by atoms with Crippen molar-refractivity contribution in [2.75, 3.05) is 29.2 Å². The Hall–Kier alpha value is -1.48. The lowest BCUT2D eigenvalue weighted by Gasteiger charge is -2.42. The number of halogens is 1. The van der Waals surface area contributed by atoms with Crippen molar-refractivity contribution in [3.63, 3.8) is 0 Å². The molecule has 1 saturated carbocycles. The number of aliphatic hydroxyl groups excluding tert-OH is 1. The highest BCUT2D eigenvalue weighted by molar-refractivity contribution is 7.93. The SMILES string of the molecule is O=[S@]1CCc2nc(N=S3(=O)CCC(c4ccc(Cl)cc4)CC3)cc(NC3(CO)CCC3)c21. The van der Waals surface area contributed by atoms with Gasteiger partial charge in [-0.15, -0.1) is 0 Å². The second-order valence-corrected chi connectivity index (χ2v) is 13.6. The quantitative estimate of drug-likeness (QED) is 0.644. The summed E-state index contributed by atoms with van der Waals surface area (Å²) in [5.41, 5.74) is 2.38. The van der Waals surface area contributed by atoms with Crippen LogP contribution in [0.15, 0.2) is 39.6 Å². The van der Waals surface area contributed by atoms with Crippen molar-refractivity contribution in [2.45, 2.75) is 54.9 Å². The fourth-order valence-electron chi connectivity index (χ4n) is 4.87. The Bertz CT molecular complexity index is 1150. The highest BCUT2D eigenvalue weighted by Gasteiger charge is 2.38. The van der Waals surface area contributed by atoms with E-state index in [2.05, 4.69) is 26.8 Å². The molecule has 32 heavy (non-hydrogen) atoms. The van der Waals surface area contributed by atoms with Gasteiger partial charge in [0.15, 0.2) is 5.82 Å². The highest BCUT2D eigenvalue weighted by atomic mass is 35.5. The van der Waals surface area contributed by atoms with E-state index in [0.29, 0.717) is 35.4 Å². The summed E-state index contributed by atoms with van der Waals surface area (Å²) in [5.74, 6) is 2.44. The van der Waals surface area contributed by atoms with Crippen LogP contribution in [0, 0.1) is 0 Å². The molecule has 0 bridgehead atoms. The lowest BCUT2D eigenvalue weighted by molar-refractivity contribution is 0.144. The molecule has 2 aliphatic heterocycles. The molecule has 3 heterocycles. The lowest BCUT2D eigenvalue weighted by atomic mass is 9.77. The number of benzene rings is 1. The molecule has 2 fully saturated rings. The van der Waals surface area contributed by atoms with E-state index in [1.165, 1.54) is 5.56 Å². The van der Waals surface area contributed by atoms with Crippen LogP contribution in [0.5, 0.6) is 0 Å². The molecule has 6 nitrogen and oxygen atoms in total. The Morgan fingerprint density at radius 1 is 1.25 bits per heavy atom. The molecular formula is C23H28ClN3O3S2. The highest BCUT2D eigenvalue weighted by Crippen LogP contribution is 2.40. The number of aromatic nitrogens is 1. The number of rotatable bonds is 5. The molecular weight excluding hydrogens is 466 g/mol. The maximum atomic E-state index is 13.5. The molecule has 1 aromatic heterocycles. The van der Waals surface area contributed by atoms with Gasteiger partial charge in [0, 0.05) is 34.8 Å². The average Bonchev–Trinajstić information content (AvgIpc) is 3.12. The van der Waals surface area contributed by atoms with Gasteiger partial charge in [0.2, 0.25) is 0 Å². The number of nitrogens with one attached hydrogen (secondary N) is 1. The van der Waals surface area contributed by atoms with E-state index in [1.807, 2.05) is 12.1 Å². The second kappa shape index (κ2) is 8.70. The summed E-state index contributed by atoms with van der Waals surface area (Å²) < 4.78 is 30.8. The summed E-state index contributed by atoms with van der Waals surface area (Å²) in [6, 6.07) is 9.70. The molecule has 0 spiro atoms. The van der Waals surface area contributed by atoms with E-state index in [1.54, 1.807) is 6.07 Å². The number of hydrogen-bond donors (Lipinski definition) is 2. The maximum absolute atomic E-state index is 13.5. The number of anilines is 1. The summed E-state index contributed by atoms with van der Waals surface area (Å²) in [6.07, 6.45) is 5.08. The Kier molecular flexibility index (Phi) is 6.07. The van der Waals surface area contributed by atoms with E-state index in [9.17, 15) is 13.5 Å². The third-order valence-electron chi connectivity index (χ3n) is 6.97. The number of fused-ring (bicyclic) bond motifs is 1. The topological polar surface area (TPSA) is 91.7 Å². The standard InChI is InChI=1S/C23H28ClN3O3S2/c24-18-4-2-16(3-5-18)17-7-12-32(30,13-8-17)27-21-14-20(26-23(15-28)9-1-10-23)22-19(25-21)6-11-31(22)29/h2-5,14,17,28H,1,6-13,15H2,(H,25,26)/t17?,31-,32?/m0/s1. The van der Waals surface area contributed by atoms with Crippen LogP contribution in [0.3, 0.4) is 0 Å². The Labute approximate surface area is 196 Å². The van der Waals surface area contributed by atoms with Gasteiger partial charge in [0.25, 0.3) is 0 Å². The van der Waals surface area contributed by atoms with Crippen molar-refractivity contribution in [1.82, 2.24) is 4.98 Å². The van der Waals surface area contributed by atoms with Gasteiger partial charge >= 0.3 is 0 Å². The molecule has 172 valence electrons. The first-order chi connectivity index (χ1) is 15.4. The van der Waals surface area contributed by atoms with Gasteiger partial charge in [-0.05, 0) is 55.7 Å². The van der Waals surface area contributed by atoms with Crippen LogP contribution in [0.25, 0.3) is 0 Å². The molecule has 2 aromatic rings. The van der Waals surface area contributed by atoms with Crippen LogP contribution >= 0.6 is 11.6 Å². The van der Waals surface area contributed by atoms with Crippen molar-refractivity contribution in [3.8, 4) is 0 Å². The smallest absolute Gasteiger partial charge is 0.163 e. The van der Waals surface area contributed by atoms with Crippen LogP contribution < -0.4 is 5.32 Å². The molecule has 2 N–H and O–H groups in total. The molecule has 0 radical (unpaired) electrons. The zero-order valence-electron chi connectivity index (χ0n) is 17.9. The molecule has 1 saturated heterocycles. The minimum absolute atomic E-state index is 0.0338. The van der Waals surface area contributed by atoms with Crippen molar-refractivity contribution in [2.24, 2.45) is 4.36 Å². The predicted molar refractivity (Wildman–Crippen MR) is 130 cm³/mol. The van der Waals surface area contributed by atoms with Gasteiger partial charge in [-0.3, -0.25) is 4.21 Å². The van der Waals surface area contributed by atoms with E-state index in [4.69, 9.17) is 11.6 Å². The third-order valence-corrected chi connectivity index (χ3v) is 11.0.